The third kappa shape index (κ3) is 3.42. The third-order valence-electron chi connectivity index (χ3n) is 3.95. The summed E-state index contributed by atoms with van der Waals surface area (Å²) in [6, 6.07) is 0.598. The number of aliphatic hydroxyl groups is 1. The number of hydrogen-bond acceptors (Lipinski definition) is 5. The maximum Gasteiger partial charge on any atom is 0.0971 e. The first-order valence-electron chi connectivity index (χ1n) is 6.76. The molecule has 0 aromatic rings. The Morgan fingerprint density at radius 1 is 1.22 bits per heavy atom. The molecule has 2 N–H and O–H groups in total. The largest absolute Gasteiger partial charge is 0.394 e. The first-order chi connectivity index (χ1) is 8.60. The highest BCUT2D eigenvalue weighted by atomic mass is 16.5. The molecule has 2 aliphatic rings. The first kappa shape index (κ1) is 14.2. The highest BCUT2D eigenvalue weighted by Gasteiger charge is 2.38. The summed E-state index contributed by atoms with van der Waals surface area (Å²) < 4.78 is 10.9. The summed E-state index contributed by atoms with van der Waals surface area (Å²) in [6.45, 7) is 4.83. The SMILES string of the molecule is COC1CN(CC(C)(CO)NC2CC2)CC1OC. The second-order valence-electron chi connectivity index (χ2n) is 5.88. The van der Waals surface area contributed by atoms with Gasteiger partial charge in [-0.3, -0.25) is 4.90 Å². The van der Waals surface area contributed by atoms with Crippen molar-refractivity contribution in [2.75, 3.05) is 40.5 Å². The highest BCUT2D eigenvalue weighted by molar-refractivity contribution is 4.97. The molecule has 106 valence electrons. The lowest BCUT2D eigenvalue weighted by molar-refractivity contribution is -0.00461. The number of rotatable bonds is 7. The molecule has 1 aliphatic heterocycles. The summed E-state index contributed by atoms with van der Waals surface area (Å²) in [7, 11) is 3.46. The van der Waals surface area contributed by atoms with Gasteiger partial charge in [0.1, 0.15) is 0 Å². The molecule has 0 amide bonds. The van der Waals surface area contributed by atoms with Crippen molar-refractivity contribution in [2.45, 2.75) is 43.6 Å². The lowest BCUT2D eigenvalue weighted by Crippen LogP contribution is -2.54. The van der Waals surface area contributed by atoms with Crippen LogP contribution < -0.4 is 5.32 Å². The molecule has 1 aliphatic carbocycles. The molecule has 5 nitrogen and oxygen atoms in total. The van der Waals surface area contributed by atoms with E-state index in [9.17, 15) is 5.11 Å². The van der Waals surface area contributed by atoms with Crippen LogP contribution in [0.15, 0.2) is 0 Å². The maximum atomic E-state index is 9.62. The Hall–Kier alpha value is -0.200. The van der Waals surface area contributed by atoms with Crippen LogP contribution in [-0.2, 0) is 9.47 Å². The summed E-state index contributed by atoms with van der Waals surface area (Å²) in [4.78, 5) is 2.31. The molecule has 1 saturated carbocycles. The van der Waals surface area contributed by atoms with Crippen LogP contribution in [0.5, 0.6) is 0 Å². The van der Waals surface area contributed by atoms with E-state index >= 15 is 0 Å². The van der Waals surface area contributed by atoms with Crippen LogP contribution in [0.25, 0.3) is 0 Å². The minimum atomic E-state index is -0.220. The Bertz CT molecular complexity index is 261. The van der Waals surface area contributed by atoms with Gasteiger partial charge in [-0.25, -0.2) is 0 Å². The number of aliphatic hydroxyl groups excluding tert-OH is 1. The predicted octanol–water partition coefficient (Wildman–Crippen LogP) is -0.165. The van der Waals surface area contributed by atoms with Crippen LogP contribution >= 0.6 is 0 Å². The fraction of sp³-hybridized carbons (Fsp3) is 1.00. The normalized spacial score (nSPS) is 32.7. The van der Waals surface area contributed by atoms with Gasteiger partial charge >= 0.3 is 0 Å². The molecule has 2 fully saturated rings. The third-order valence-corrected chi connectivity index (χ3v) is 3.95. The number of likely N-dealkylation sites (tertiary alicyclic amines) is 1. The minimum absolute atomic E-state index is 0.138. The van der Waals surface area contributed by atoms with Gasteiger partial charge in [0.2, 0.25) is 0 Å². The number of ether oxygens (including phenoxy) is 2. The fourth-order valence-corrected chi connectivity index (χ4v) is 2.76. The molecule has 1 heterocycles. The molecule has 0 spiro atoms. The molecule has 0 bridgehead atoms. The number of methoxy groups -OCH3 is 2. The van der Waals surface area contributed by atoms with Gasteiger partial charge < -0.3 is 19.9 Å². The van der Waals surface area contributed by atoms with Gasteiger partial charge in [0.05, 0.1) is 24.4 Å². The molecule has 3 atom stereocenters. The Morgan fingerprint density at radius 3 is 2.17 bits per heavy atom. The second kappa shape index (κ2) is 5.84. The molecule has 0 radical (unpaired) electrons. The molecule has 3 unspecified atom stereocenters. The van der Waals surface area contributed by atoms with Crippen molar-refractivity contribution in [1.82, 2.24) is 10.2 Å². The van der Waals surface area contributed by atoms with Crippen molar-refractivity contribution >= 4 is 0 Å². The lowest BCUT2D eigenvalue weighted by Gasteiger charge is -2.33. The number of hydrogen-bond donors (Lipinski definition) is 2. The van der Waals surface area contributed by atoms with E-state index in [1.54, 1.807) is 14.2 Å². The van der Waals surface area contributed by atoms with E-state index in [-0.39, 0.29) is 24.4 Å². The van der Waals surface area contributed by atoms with E-state index in [1.165, 1.54) is 12.8 Å². The van der Waals surface area contributed by atoms with Crippen molar-refractivity contribution < 1.29 is 14.6 Å². The lowest BCUT2D eigenvalue weighted by atomic mass is 10.0. The van der Waals surface area contributed by atoms with E-state index in [1.807, 2.05) is 0 Å². The van der Waals surface area contributed by atoms with E-state index < -0.39 is 0 Å². The number of nitrogens with zero attached hydrogens (tertiary/aromatic N) is 1. The van der Waals surface area contributed by atoms with Crippen molar-refractivity contribution in [3.8, 4) is 0 Å². The molecule has 2 rings (SSSR count). The molecule has 1 saturated heterocycles. The van der Waals surface area contributed by atoms with E-state index in [4.69, 9.17) is 9.47 Å². The standard InChI is InChI=1S/C13H26N2O3/c1-13(9-16,14-10-4-5-10)8-15-6-11(17-2)12(7-15)18-3/h10-12,14,16H,4-9H2,1-3H3. The zero-order chi connectivity index (χ0) is 13.2. The van der Waals surface area contributed by atoms with E-state index in [2.05, 4.69) is 17.1 Å². The average Bonchev–Trinajstić information content (AvgIpc) is 3.07. The van der Waals surface area contributed by atoms with Gasteiger partial charge in [0.25, 0.3) is 0 Å². The maximum absolute atomic E-state index is 9.62. The highest BCUT2D eigenvalue weighted by Crippen LogP contribution is 2.24. The summed E-state index contributed by atoms with van der Waals surface area (Å²) in [5.74, 6) is 0. The quantitative estimate of drug-likeness (QED) is 0.664. The Balaban J connectivity index is 1.87. The van der Waals surface area contributed by atoms with Gasteiger partial charge in [-0.15, -0.1) is 0 Å². The van der Waals surface area contributed by atoms with Crippen LogP contribution in [0.4, 0.5) is 0 Å². The Morgan fingerprint density at radius 2 is 1.78 bits per heavy atom. The van der Waals surface area contributed by atoms with E-state index in [0.717, 1.165) is 19.6 Å². The Labute approximate surface area is 109 Å². The monoisotopic (exact) mass is 258 g/mol. The van der Waals surface area contributed by atoms with Crippen LogP contribution in [0.2, 0.25) is 0 Å². The van der Waals surface area contributed by atoms with Gasteiger partial charge in [-0.05, 0) is 19.8 Å². The van der Waals surface area contributed by atoms with Crippen molar-refractivity contribution in [3.63, 3.8) is 0 Å². The predicted molar refractivity (Wildman–Crippen MR) is 69.7 cm³/mol. The smallest absolute Gasteiger partial charge is 0.0971 e. The van der Waals surface area contributed by atoms with Gasteiger partial charge in [0, 0.05) is 39.9 Å². The molecule has 0 aromatic carbocycles. The zero-order valence-corrected chi connectivity index (χ0v) is 11.7. The second-order valence-corrected chi connectivity index (χ2v) is 5.88. The van der Waals surface area contributed by atoms with Gasteiger partial charge in [0.15, 0.2) is 0 Å². The van der Waals surface area contributed by atoms with Crippen molar-refractivity contribution in [3.05, 3.63) is 0 Å². The first-order valence-corrected chi connectivity index (χ1v) is 6.76. The summed E-state index contributed by atoms with van der Waals surface area (Å²) in [5.41, 5.74) is -0.220. The zero-order valence-electron chi connectivity index (χ0n) is 11.7. The molecule has 18 heavy (non-hydrogen) atoms. The van der Waals surface area contributed by atoms with Gasteiger partial charge in [-0.1, -0.05) is 0 Å². The van der Waals surface area contributed by atoms with Crippen LogP contribution in [0, 0.1) is 0 Å². The topological polar surface area (TPSA) is 54.0 Å². The van der Waals surface area contributed by atoms with Crippen LogP contribution in [0.1, 0.15) is 19.8 Å². The summed E-state index contributed by atoms with van der Waals surface area (Å²) in [5, 5.41) is 13.2. The minimum Gasteiger partial charge on any atom is -0.394 e. The van der Waals surface area contributed by atoms with E-state index in [0.29, 0.717) is 6.04 Å². The molecule has 5 heteroatoms. The summed E-state index contributed by atoms with van der Waals surface area (Å²) in [6.07, 6.45) is 2.74. The summed E-state index contributed by atoms with van der Waals surface area (Å²) >= 11 is 0. The van der Waals surface area contributed by atoms with Crippen LogP contribution in [-0.4, -0.2) is 74.3 Å². The van der Waals surface area contributed by atoms with Crippen LogP contribution in [0.3, 0.4) is 0 Å². The van der Waals surface area contributed by atoms with Crippen molar-refractivity contribution in [2.24, 2.45) is 0 Å². The fourth-order valence-electron chi connectivity index (χ4n) is 2.76. The molecular formula is C13H26N2O3. The molecule has 0 aromatic heterocycles. The molecular weight excluding hydrogens is 232 g/mol. The van der Waals surface area contributed by atoms with Crippen molar-refractivity contribution in [1.29, 1.82) is 0 Å². The van der Waals surface area contributed by atoms with Gasteiger partial charge in [-0.2, -0.15) is 0 Å². The average molecular weight is 258 g/mol. The Kier molecular flexibility index (Phi) is 4.61. The number of nitrogens with one attached hydrogen (secondary N) is 1.